The molecule has 120 valence electrons. The van der Waals surface area contributed by atoms with Crippen LogP contribution in [-0.2, 0) is 10.0 Å². The molecule has 0 aromatic carbocycles. The molecule has 1 saturated heterocycles. The lowest BCUT2D eigenvalue weighted by Gasteiger charge is -2.42. The predicted octanol–water partition coefficient (Wildman–Crippen LogP) is 2.86. The van der Waals surface area contributed by atoms with Crippen LogP contribution in [0, 0.1) is 18.8 Å². The molecule has 1 N–H and O–H groups in total. The van der Waals surface area contributed by atoms with Gasteiger partial charge in [0.2, 0.25) is 0 Å². The first kappa shape index (κ1) is 16.9. The van der Waals surface area contributed by atoms with Gasteiger partial charge in [-0.15, -0.1) is 11.3 Å². The van der Waals surface area contributed by atoms with Crippen LogP contribution in [0.5, 0.6) is 0 Å². The van der Waals surface area contributed by atoms with Gasteiger partial charge in [0.25, 0.3) is 10.0 Å². The van der Waals surface area contributed by atoms with Crippen molar-refractivity contribution in [1.82, 2.24) is 4.31 Å². The normalized spacial score (nSPS) is 28.2. The number of hydrogen-bond donors (Lipinski definition) is 1. The fraction of sp³-hybridized carbons (Fsp3) is 0.733. The van der Waals surface area contributed by atoms with Crippen molar-refractivity contribution in [2.45, 2.75) is 50.3 Å². The topological polar surface area (TPSA) is 57.6 Å². The van der Waals surface area contributed by atoms with Crippen molar-refractivity contribution in [3.8, 4) is 0 Å². The van der Waals surface area contributed by atoms with Crippen LogP contribution in [0.15, 0.2) is 15.7 Å². The minimum absolute atomic E-state index is 0.0127. The minimum Gasteiger partial charge on any atom is -0.390 e. The van der Waals surface area contributed by atoms with Gasteiger partial charge in [-0.3, -0.25) is 0 Å². The Labute approximate surface area is 131 Å². The van der Waals surface area contributed by atoms with Crippen LogP contribution in [0.1, 0.15) is 39.2 Å². The van der Waals surface area contributed by atoms with E-state index in [0.717, 1.165) is 12.0 Å². The van der Waals surface area contributed by atoms with Crippen molar-refractivity contribution in [3.05, 3.63) is 17.0 Å². The first-order valence-electron chi connectivity index (χ1n) is 7.41. The van der Waals surface area contributed by atoms with Crippen LogP contribution in [0.2, 0.25) is 0 Å². The number of thiophene rings is 1. The van der Waals surface area contributed by atoms with Gasteiger partial charge in [-0.25, -0.2) is 8.42 Å². The van der Waals surface area contributed by atoms with E-state index >= 15 is 0 Å². The standard InChI is InChI=1S/C15H25NO3S2/c1-11(2)9-13-10-16(7-6-15(13,4)17)21(18,19)14-12(3)5-8-20-14/h5,8,11,13,17H,6-7,9-10H2,1-4H3/t13-,15+/m0/s1. The lowest BCUT2D eigenvalue weighted by atomic mass is 9.78. The van der Waals surface area contributed by atoms with E-state index in [1.54, 1.807) is 4.31 Å². The highest BCUT2D eigenvalue weighted by molar-refractivity contribution is 7.91. The van der Waals surface area contributed by atoms with Crippen molar-refractivity contribution < 1.29 is 13.5 Å². The zero-order valence-corrected chi connectivity index (χ0v) is 14.8. The van der Waals surface area contributed by atoms with Crippen molar-refractivity contribution in [2.75, 3.05) is 13.1 Å². The second-order valence-corrected chi connectivity index (χ2v) is 9.74. The number of aliphatic hydroxyl groups is 1. The fourth-order valence-electron chi connectivity index (χ4n) is 2.95. The summed E-state index contributed by atoms with van der Waals surface area (Å²) in [6.45, 7) is 8.67. The molecule has 2 atom stereocenters. The average molecular weight is 332 g/mol. The van der Waals surface area contributed by atoms with Gasteiger partial charge in [-0.1, -0.05) is 13.8 Å². The summed E-state index contributed by atoms with van der Waals surface area (Å²) in [5, 5.41) is 12.3. The van der Waals surface area contributed by atoms with Crippen LogP contribution in [0.25, 0.3) is 0 Å². The highest BCUT2D eigenvalue weighted by atomic mass is 32.2. The van der Waals surface area contributed by atoms with Gasteiger partial charge in [0.05, 0.1) is 5.60 Å². The third kappa shape index (κ3) is 3.50. The number of piperidine rings is 1. The smallest absolute Gasteiger partial charge is 0.252 e. The third-order valence-corrected chi connectivity index (χ3v) is 7.85. The first-order valence-corrected chi connectivity index (χ1v) is 9.73. The minimum atomic E-state index is -3.43. The average Bonchev–Trinajstić information content (AvgIpc) is 2.78. The van der Waals surface area contributed by atoms with Crippen LogP contribution < -0.4 is 0 Å². The highest BCUT2D eigenvalue weighted by Crippen LogP contribution is 2.36. The molecule has 0 aliphatic carbocycles. The molecular weight excluding hydrogens is 306 g/mol. The van der Waals surface area contributed by atoms with Gasteiger partial charge < -0.3 is 5.11 Å². The number of sulfonamides is 1. The van der Waals surface area contributed by atoms with E-state index in [1.807, 2.05) is 25.3 Å². The predicted molar refractivity (Wildman–Crippen MR) is 86.0 cm³/mol. The fourth-order valence-corrected chi connectivity index (χ4v) is 5.98. The molecule has 0 amide bonds. The maximum atomic E-state index is 12.8. The summed E-state index contributed by atoms with van der Waals surface area (Å²) in [6, 6.07) is 1.84. The summed E-state index contributed by atoms with van der Waals surface area (Å²) in [4.78, 5) is 0. The molecule has 0 saturated carbocycles. The molecule has 1 aliphatic heterocycles. The Kier molecular flexibility index (Phi) is 4.83. The Morgan fingerprint density at radius 3 is 2.71 bits per heavy atom. The van der Waals surface area contributed by atoms with Crippen LogP contribution in [-0.4, -0.2) is 36.5 Å². The Hall–Kier alpha value is -0.430. The van der Waals surface area contributed by atoms with Gasteiger partial charge in [-0.05, 0) is 49.6 Å². The molecule has 0 bridgehead atoms. The molecule has 1 aromatic heterocycles. The van der Waals surface area contributed by atoms with Crippen molar-refractivity contribution in [3.63, 3.8) is 0 Å². The van der Waals surface area contributed by atoms with Crippen molar-refractivity contribution in [2.24, 2.45) is 11.8 Å². The Balaban J connectivity index is 2.24. The van der Waals surface area contributed by atoms with E-state index in [1.165, 1.54) is 11.3 Å². The molecule has 21 heavy (non-hydrogen) atoms. The molecule has 1 fully saturated rings. The van der Waals surface area contributed by atoms with E-state index < -0.39 is 15.6 Å². The van der Waals surface area contributed by atoms with Crippen LogP contribution in [0.3, 0.4) is 0 Å². The van der Waals surface area contributed by atoms with Crippen LogP contribution in [0.4, 0.5) is 0 Å². The molecule has 4 nitrogen and oxygen atoms in total. The molecule has 0 spiro atoms. The lowest BCUT2D eigenvalue weighted by Crippen LogP contribution is -2.52. The van der Waals surface area contributed by atoms with Gasteiger partial charge in [0.1, 0.15) is 4.21 Å². The quantitative estimate of drug-likeness (QED) is 0.923. The summed E-state index contributed by atoms with van der Waals surface area (Å²) >= 11 is 1.27. The molecule has 2 rings (SSSR count). The van der Waals surface area contributed by atoms with Gasteiger partial charge in [-0.2, -0.15) is 4.31 Å². The zero-order chi connectivity index (χ0) is 15.8. The third-order valence-electron chi connectivity index (χ3n) is 4.32. The van der Waals surface area contributed by atoms with E-state index in [0.29, 0.717) is 29.6 Å². The van der Waals surface area contributed by atoms with E-state index in [2.05, 4.69) is 13.8 Å². The Morgan fingerprint density at radius 2 is 2.19 bits per heavy atom. The summed E-state index contributed by atoms with van der Waals surface area (Å²) in [6.07, 6.45) is 1.33. The lowest BCUT2D eigenvalue weighted by molar-refractivity contribution is -0.0481. The second-order valence-electron chi connectivity index (χ2n) is 6.69. The maximum absolute atomic E-state index is 12.8. The van der Waals surface area contributed by atoms with Crippen molar-refractivity contribution >= 4 is 21.4 Å². The maximum Gasteiger partial charge on any atom is 0.252 e. The van der Waals surface area contributed by atoms with Crippen molar-refractivity contribution in [1.29, 1.82) is 0 Å². The molecule has 0 unspecified atom stereocenters. The van der Waals surface area contributed by atoms with Crippen LogP contribution >= 0.6 is 11.3 Å². The SMILES string of the molecule is Cc1ccsc1S(=O)(=O)N1CC[C@@](C)(O)[C@@H](CC(C)C)C1. The monoisotopic (exact) mass is 331 g/mol. The number of rotatable bonds is 4. The number of hydrogen-bond acceptors (Lipinski definition) is 4. The molecule has 2 heterocycles. The molecular formula is C15H25NO3S2. The summed E-state index contributed by atoms with van der Waals surface area (Å²) in [5.74, 6) is 0.425. The zero-order valence-electron chi connectivity index (χ0n) is 13.2. The largest absolute Gasteiger partial charge is 0.390 e. The van der Waals surface area contributed by atoms with E-state index in [9.17, 15) is 13.5 Å². The van der Waals surface area contributed by atoms with Gasteiger partial charge >= 0.3 is 0 Å². The Morgan fingerprint density at radius 1 is 1.52 bits per heavy atom. The van der Waals surface area contributed by atoms with Gasteiger partial charge in [0, 0.05) is 19.0 Å². The molecule has 6 heteroatoms. The summed E-state index contributed by atoms with van der Waals surface area (Å²) in [5.41, 5.74) is 0.0265. The molecule has 1 aliphatic rings. The van der Waals surface area contributed by atoms with Gasteiger partial charge in [0.15, 0.2) is 0 Å². The molecule has 1 aromatic rings. The van der Waals surface area contributed by atoms with E-state index in [-0.39, 0.29) is 5.92 Å². The highest BCUT2D eigenvalue weighted by Gasteiger charge is 2.42. The first-order chi connectivity index (χ1) is 9.64. The summed E-state index contributed by atoms with van der Waals surface area (Å²) < 4.78 is 27.5. The second kappa shape index (κ2) is 5.99. The number of aryl methyl sites for hydroxylation is 1. The Bertz CT molecular complexity index is 590. The summed E-state index contributed by atoms with van der Waals surface area (Å²) in [7, 11) is -3.43. The van der Waals surface area contributed by atoms with E-state index in [4.69, 9.17) is 0 Å². The molecule has 0 radical (unpaired) electrons. The number of nitrogens with zero attached hydrogens (tertiary/aromatic N) is 1.